The summed E-state index contributed by atoms with van der Waals surface area (Å²) >= 11 is 0. The fourth-order valence-electron chi connectivity index (χ4n) is 2.91. The summed E-state index contributed by atoms with van der Waals surface area (Å²) in [4.78, 5) is 28.2. The van der Waals surface area contributed by atoms with Crippen LogP contribution in [0.2, 0.25) is 0 Å². The van der Waals surface area contributed by atoms with Gasteiger partial charge in [-0.05, 0) is 18.8 Å². The van der Waals surface area contributed by atoms with E-state index in [1.54, 1.807) is 15.9 Å². The van der Waals surface area contributed by atoms with E-state index in [0.29, 0.717) is 6.54 Å². The molecule has 2 fully saturated rings. The summed E-state index contributed by atoms with van der Waals surface area (Å²) in [5.74, 6) is 0.359. The van der Waals surface area contributed by atoms with Crippen LogP contribution in [0.5, 0.6) is 0 Å². The smallest absolute Gasteiger partial charge is 0.246 e. The van der Waals surface area contributed by atoms with Crippen molar-refractivity contribution in [3.63, 3.8) is 0 Å². The first-order valence-electron chi connectivity index (χ1n) is 6.29. The van der Waals surface area contributed by atoms with Gasteiger partial charge in [0.15, 0.2) is 0 Å². The molecule has 4 heteroatoms. The molecular formula is C13H20N2O2. The number of piperazine rings is 1. The first-order chi connectivity index (χ1) is 8.07. The Hall–Kier alpha value is -1.32. The van der Waals surface area contributed by atoms with Gasteiger partial charge in [-0.2, -0.15) is 0 Å². The monoisotopic (exact) mass is 236 g/mol. The van der Waals surface area contributed by atoms with Crippen molar-refractivity contribution < 1.29 is 9.59 Å². The van der Waals surface area contributed by atoms with Gasteiger partial charge >= 0.3 is 0 Å². The Bertz CT molecular complexity index is 351. The number of fused-ring (bicyclic) bond motifs is 1. The molecule has 2 aliphatic heterocycles. The molecule has 2 aliphatic rings. The summed E-state index contributed by atoms with van der Waals surface area (Å²) in [5, 5.41) is 0. The molecule has 0 N–H and O–H groups in total. The third-order valence-corrected chi connectivity index (χ3v) is 3.65. The quantitative estimate of drug-likeness (QED) is 0.687. The van der Waals surface area contributed by atoms with Crippen LogP contribution in [0.3, 0.4) is 0 Å². The lowest BCUT2D eigenvalue weighted by atomic mass is 9.96. The highest BCUT2D eigenvalue weighted by molar-refractivity contribution is 5.97. The lowest BCUT2D eigenvalue weighted by Crippen LogP contribution is -2.64. The van der Waals surface area contributed by atoms with Crippen molar-refractivity contribution in [2.75, 3.05) is 13.1 Å². The van der Waals surface area contributed by atoms with Gasteiger partial charge in [0.05, 0.1) is 0 Å². The summed E-state index contributed by atoms with van der Waals surface area (Å²) in [5.41, 5.74) is 0. The zero-order chi connectivity index (χ0) is 12.6. The van der Waals surface area contributed by atoms with Gasteiger partial charge in [0.1, 0.15) is 12.1 Å². The molecule has 0 aromatic rings. The van der Waals surface area contributed by atoms with E-state index in [2.05, 4.69) is 6.58 Å². The highest BCUT2D eigenvalue weighted by Gasteiger charge is 2.48. The lowest BCUT2D eigenvalue weighted by Gasteiger charge is -2.43. The van der Waals surface area contributed by atoms with E-state index in [4.69, 9.17) is 0 Å². The van der Waals surface area contributed by atoms with E-state index in [-0.39, 0.29) is 29.8 Å². The maximum absolute atomic E-state index is 12.4. The standard InChI is InChI=1S/C13H20N2O2/c1-4-7-15-11(9(2)3)13(17)14-8-5-6-10(14)12(15)16/h4,9-11H,1,5-8H2,2-3H3. The van der Waals surface area contributed by atoms with Crippen molar-refractivity contribution in [3.8, 4) is 0 Å². The Balaban J connectivity index is 2.31. The molecule has 4 nitrogen and oxygen atoms in total. The summed E-state index contributed by atoms with van der Waals surface area (Å²) in [6, 6.07) is -0.521. The number of rotatable bonds is 3. The van der Waals surface area contributed by atoms with E-state index in [9.17, 15) is 9.59 Å². The zero-order valence-electron chi connectivity index (χ0n) is 10.6. The summed E-state index contributed by atoms with van der Waals surface area (Å²) in [6.45, 7) is 8.86. The predicted molar refractivity (Wildman–Crippen MR) is 65.3 cm³/mol. The van der Waals surface area contributed by atoms with Crippen LogP contribution in [0, 0.1) is 5.92 Å². The second kappa shape index (κ2) is 4.51. The van der Waals surface area contributed by atoms with E-state index < -0.39 is 0 Å². The van der Waals surface area contributed by atoms with Gasteiger partial charge in [-0.3, -0.25) is 9.59 Å². The minimum absolute atomic E-state index is 0.0979. The van der Waals surface area contributed by atoms with Gasteiger partial charge in [0.25, 0.3) is 0 Å². The van der Waals surface area contributed by atoms with Gasteiger partial charge < -0.3 is 9.80 Å². The third-order valence-electron chi connectivity index (χ3n) is 3.65. The minimum atomic E-state index is -0.310. The van der Waals surface area contributed by atoms with Gasteiger partial charge in [-0.1, -0.05) is 19.9 Å². The molecule has 0 spiro atoms. The first kappa shape index (κ1) is 12.1. The fraction of sp³-hybridized carbons (Fsp3) is 0.692. The number of carbonyl (C=O) groups is 2. The van der Waals surface area contributed by atoms with Crippen molar-refractivity contribution in [2.45, 2.75) is 38.8 Å². The van der Waals surface area contributed by atoms with Crippen LogP contribution in [-0.4, -0.2) is 46.8 Å². The van der Waals surface area contributed by atoms with Crippen molar-refractivity contribution >= 4 is 11.8 Å². The molecule has 2 amide bonds. The molecule has 0 saturated carbocycles. The van der Waals surface area contributed by atoms with Crippen LogP contribution in [-0.2, 0) is 9.59 Å². The molecule has 2 unspecified atom stereocenters. The Morgan fingerprint density at radius 1 is 1.41 bits per heavy atom. The van der Waals surface area contributed by atoms with Crippen molar-refractivity contribution in [1.29, 1.82) is 0 Å². The van der Waals surface area contributed by atoms with Crippen LogP contribution >= 0.6 is 0 Å². The summed E-state index contributed by atoms with van der Waals surface area (Å²) in [6.07, 6.45) is 3.45. The molecule has 94 valence electrons. The fourth-order valence-corrected chi connectivity index (χ4v) is 2.91. The maximum Gasteiger partial charge on any atom is 0.246 e. The van der Waals surface area contributed by atoms with Crippen LogP contribution in [0.4, 0.5) is 0 Å². The van der Waals surface area contributed by atoms with Gasteiger partial charge in [0, 0.05) is 13.1 Å². The number of hydrogen-bond acceptors (Lipinski definition) is 2. The molecule has 17 heavy (non-hydrogen) atoms. The van der Waals surface area contributed by atoms with Crippen LogP contribution in [0.15, 0.2) is 12.7 Å². The molecule has 2 saturated heterocycles. The number of amides is 2. The highest BCUT2D eigenvalue weighted by atomic mass is 16.2. The maximum atomic E-state index is 12.4. The molecule has 0 aromatic carbocycles. The van der Waals surface area contributed by atoms with Gasteiger partial charge in [-0.25, -0.2) is 0 Å². The SMILES string of the molecule is C=CCN1C(=O)C2CCCN2C(=O)C1C(C)C. The molecule has 2 rings (SSSR count). The number of nitrogens with zero attached hydrogens (tertiary/aromatic N) is 2. The van der Waals surface area contributed by atoms with Crippen LogP contribution < -0.4 is 0 Å². The molecule has 0 aliphatic carbocycles. The third kappa shape index (κ3) is 1.85. The van der Waals surface area contributed by atoms with E-state index >= 15 is 0 Å². The molecular weight excluding hydrogens is 216 g/mol. The van der Waals surface area contributed by atoms with E-state index in [0.717, 1.165) is 19.4 Å². The average molecular weight is 236 g/mol. The molecule has 0 bridgehead atoms. The van der Waals surface area contributed by atoms with Crippen molar-refractivity contribution in [2.24, 2.45) is 5.92 Å². The molecule has 0 aromatic heterocycles. The molecule has 0 radical (unpaired) electrons. The topological polar surface area (TPSA) is 40.6 Å². The molecule has 2 heterocycles. The second-order valence-electron chi connectivity index (χ2n) is 5.16. The summed E-state index contributed by atoms with van der Waals surface area (Å²) < 4.78 is 0. The normalized spacial score (nSPS) is 28.9. The lowest BCUT2D eigenvalue weighted by molar-refractivity contribution is -0.160. The minimum Gasteiger partial charge on any atom is -0.329 e. The highest BCUT2D eigenvalue weighted by Crippen LogP contribution is 2.29. The van der Waals surface area contributed by atoms with Gasteiger partial charge in [0.2, 0.25) is 11.8 Å². The second-order valence-corrected chi connectivity index (χ2v) is 5.16. The Morgan fingerprint density at radius 3 is 2.71 bits per heavy atom. The van der Waals surface area contributed by atoms with E-state index in [1.165, 1.54) is 0 Å². The Labute approximate surface area is 102 Å². The summed E-state index contributed by atoms with van der Waals surface area (Å²) in [7, 11) is 0. The largest absolute Gasteiger partial charge is 0.329 e. The predicted octanol–water partition coefficient (Wildman–Crippen LogP) is 1.03. The van der Waals surface area contributed by atoms with Gasteiger partial charge in [-0.15, -0.1) is 6.58 Å². The Kier molecular flexibility index (Phi) is 3.22. The molecule has 2 atom stereocenters. The van der Waals surface area contributed by atoms with Crippen molar-refractivity contribution in [1.82, 2.24) is 9.80 Å². The van der Waals surface area contributed by atoms with Crippen LogP contribution in [0.25, 0.3) is 0 Å². The first-order valence-corrected chi connectivity index (χ1v) is 6.29. The Morgan fingerprint density at radius 2 is 2.12 bits per heavy atom. The number of hydrogen-bond donors (Lipinski definition) is 0. The van der Waals surface area contributed by atoms with Crippen molar-refractivity contribution in [3.05, 3.63) is 12.7 Å². The zero-order valence-corrected chi connectivity index (χ0v) is 10.6. The average Bonchev–Trinajstić information content (AvgIpc) is 2.74. The van der Waals surface area contributed by atoms with Crippen LogP contribution in [0.1, 0.15) is 26.7 Å². The number of carbonyl (C=O) groups excluding carboxylic acids is 2. The van der Waals surface area contributed by atoms with E-state index in [1.807, 2.05) is 13.8 Å².